The van der Waals surface area contributed by atoms with E-state index >= 15 is 0 Å². The molecule has 1 heterocycles. The van der Waals surface area contributed by atoms with Crippen LogP contribution >= 0.6 is 12.4 Å². The van der Waals surface area contributed by atoms with Crippen molar-refractivity contribution in [2.24, 2.45) is 5.92 Å². The summed E-state index contributed by atoms with van der Waals surface area (Å²) >= 11 is 0. The highest BCUT2D eigenvalue weighted by Gasteiger charge is 2.31. The maximum Gasteiger partial charge on any atom is 0.416 e. The molecule has 0 aliphatic carbocycles. The Kier molecular flexibility index (Phi) is 10.0. The molecule has 0 saturated carbocycles. The lowest BCUT2D eigenvalue weighted by molar-refractivity contribution is -0.143. The molecule has 1 N–H and O–H groups in total. The van der Waals surface area contributed by atoms with Crippen molar-refractivity contribution in [2.75, 3.05) is 32.8 Å². The highest BCUT2D eigenvalue weighted by atomic mass is 35.5. The highest BCUT2D eigenvalue weighted by molar-refractivity contribution is 5.85. The van der Waals surface area contributed by atoms with E-state index < -0.39 is 17.7 Å². The minimum absolute atomic E-state index is 0. The molecule has 4 nitrogen and oxygen atoms in total. The number of alkyl halides is 3. The molecule has 1 aliphatic rings. The molecule has 0 amide bonds. The van der Waals surface area contributed by atoms with Crippen LogP contribution in [-0.4, -0.2) is 48.8 Å². The number of hydrogen-bond donors (Lipinski definition) is 1. The van der Waals surface area contributed by atoms with Gasteiger partial charge in [-0.05, 0) is 43.0 Å². The lowest BCUT2D eigenvalue weighted by atomic mass is 9.88. The average Bonchev–Trinajstić information content (AvgIpc) is 2.76. The molecule has 32 heavy (non-hydrogen) atoms. The summed E-state index contributed by atoms with van der Waals surface area (Å²) in [6, 6.07) is 15.0. The first kappa shape index (κ1) is 26.2. The summed E-state index contributed by atoms with van der Waals surface area (Å²) in [5.74, 6) is -1.27. The van der Waals surface area contributed by atoms with Crippen LogP contribution in [0.5, 0.6) is 0 Å². The van der Waals surface area contributed by atoms with Crippen molar-refractivity contribution in [3.8, 4) is 0 Å². The van der Waals surface area contributed by atoms with Gasteiger partial charge in [-0.25, -0.2) is 0 Å². The van der Waals surface area contributed by atoms with E-state index in [9.17, 15) is 23.1 Å². The van der Waals surface area contributed by atoms with E-state index in [1.807, 2.05) is 30.3 Å². The van der Waals surface area contributed by atoms with Crippen LogP contribution in [0.1, 0.15) is 41.9 Å². The van der Waals surface area contributed by atoms with Crippen molar-refractivity contribution < 1.29 is 27.8 Å². The van der Waals surface area contributed by atoms with Gasteiger partial charge >= 0.3 is 12.1 Å². The van der Waals surface area contributed by atoms with Crippen LogP contribution in [0.15, 0.2) is 54.6 Å². The second-order valence-corrected chi connectivity index (χ2v) is 7.97. The van der Waals surface area contributed by atoms with Crippen molar-refractivity contribution in [3.63, 3.8) is 0 Å². The van der Waals surface area contributed by atoms with Gasteiger partial charge in [0.25, 0.3) is 0 Å². The zero-order chi connectivity index (χ0) is 22.3. The maximum absolute atomic E-state index is 13.2. The Morgan fingerprint density at radius 3 is 2.50 bits per heavy atom. The number of ether oxygens (including phenoxy) is 1. The first-order valence-corrected chi connectivity index (χ1v) is 10.6. The van der Waals surface area contributed by atoms with Gasteiger partial charge in [0.05, 0.1) is 18.1 Å². The molecule has 1 saturated heterocycles. The molecular weight excluding hydrogens is 443 g/mol. The van der Waals surface area contributed by atoms with E-state index in [2.05, 4.69) is 4.90 Å². The Morgan fingerprint density at radius 2 is 1.81 bits per heavy atom. The van der Waals surface area contributed by atoms with Crippen LogP contribution < -0.4 is 0 Å². The molecule has 2 aromatic carbocycles. The summed E-state index contributed by atoms with van der Waals surface area (Å²) in [5, 5.41) is 9.18. The third kappa shape index (κ3) is 7.50. The fourth-order valence-corrected chi connectivity index (χ4v) is 4.10. The number of halogens is 4. The summed E-state index contributed by atoms with van der Waals surface area (Å²) in [7, 11) is 0. The van der Waals surface area contributed by atoms with E-state index in [4.69, 9.17) is 4.74 Å². The number of rotatable bonds is 9. The van der Waals surface area contributed by atoms with Gasteiger partial charge in [0.15, 0.2) is 0 Å². The minimum Gasteiger partial charge on any atom is -0.481 e. The van der Waals surface area contributed by atoms with E-state index in [0.717, 1.165) is 24.6 Å². The van der Waals surface area contributed by atoms with Crippen LogP contribution in [0, 0.1) is 5.92 Å². The monoisotopic (exact) mass is 471 g/mol. The minimum atomic E-state index is -4.38. The lowest BCUT2D eigenvalue weighted by Gasteiger charge is -2.30. The first-order valence-electron chi connectivity index (χ1n) is 10.6. The largest absolute Gasteiger partial charge is 0.481 e. The third-order valence-corrected chi connectivity index (χ3v) is 5.78. The van der Waals surface area contributed by atoms with Gasteiger partial charge in [0.2, 0.25) is 0 Å². The molecule has 0 bridgehead atoms. The Morgan fingerprint density at radius 1 is 1.09 bits per heavy atom. The van der Waals surface area contributed by atoms with Gasteiger partial charge in [0, 0.05) is 25.6 Å². The highest BCUT2D eigenvalue weighted by Crippen LogP contribution is 2.34. The third-order valence-electron chi connectivity index (χ3n) is 5.78. The molecule has 1 aliphatic heterocycles. The number of carboxylic acids is 1. The number of carboxylic acid groups (broad SMARTS) is 1. The van der Waals surface area contributed by atoms with Gasteiger partial charge < -0.3 is 14.7 Å². The average molecular weight is 472 g/mol. The summed E-state index contributed by atoms with van der Waals surface area (Å²) in [5.41, 5.74) is 0.917. The number of hydrogen-bond acceptors (Lipinski definition) is 3. The molecule has 3 rings (SSSR count). The van der Waals surface area contributed by atoms with Gasteiger partial charge in [-0.2, -0.15) is 13.2 Å². The zero-order valence-corrected chi connectivity index (χ0v) is 18.6. The van der Waals surface area contributed by atoms with Crippen LogP contribution in [0.3, 0.4) is 0 Å². The molecular formula is C24H29ClF3NO3. The van der Waals surface area contributed by atoms with Crippen LogP contribution in [0.25, 0.3) is 0 Å². The molecule has 0 aromatic heterocycles. The second kappa shape index (κ2) is 12.2. The first-order chi connectivity index (χ1) is 14.8. The predicted octanol–water partition coefficient (Wildman–Crippen LogP) is 5.46. The molecule has 2 unspecified atom stereocenters. The Balaban J connectivity index is 0.00000363. The fourth-order valence-electron chi connectivity index (χ4n) is 4.10. The number of aliphatic carboxylic acids is 1. The second-order valence-electron chi connectivity index (χ2n) is 7.97. The fraction of sp³-hybridized carbons (Fsp3) is 0.458. The number of benzene rings is 2. The number of nitrogens with zero attached hydrogens (tertiary/aromatic N) is 1. The van der Waals surface area contributed by atoms with Crippen molar-refractivity contribution in [2.45, 2.75) is 31.4 Å². The topological polar surface area (TPSA) is 49.8 Å². The number of piperidine rings is 1. The van der Waals surface area contributed by atoms with Crippen molar-refractivity contribution >= 4 is 18.4 Å². The van der Waals surface area contributed by atoms with E-state index in [1.54, 1.807) is 6.07 Å². The lowest BCUT2D eigenvalue weighted by Crippen LogP contribution is -2.40. The zero-order valence-electron chi connectivity index (χ0n) is 17.8. The molecule has 1 fully saturated rings. The Bertz CT molecular complexity index is 848. The number of carbonyl (C=O) groups is 1. The quantitative estimate of drug-likeness (QED) is 0.493. The van der Waals surface area contributed by atoms with Crippen molar-refractivity contribution in [1.82, 2.24) is 4.90 Å². The van der Waals surface area contributed by atoms with Crippen LogP contribution in [0.4, 0.5) is 13.2 Å². The molecule has 8 heteroatoms. The van der Waals surface area contributed by atoms with Crippen molar-refractivity contribution in [3.05, 3.63) is 71.3 Å². The number of likely N-dealkylation sites (tertiary alicyclic amines) is 1. The molecule has 0 spiro atoms. The van der Waals surface area contributed by atoms with E-state index in [1.165, 1.54) is 12.1 Å². The summed E-state index contributed by atoms with van der Waals surface area (Å²) in [6.45, 7) is 2.94. The van der Waals surface area contributed by atoms with Gasteiger partial charge in [-0.3, -0.25) is 4.79 Å². The van der Waals surface area contributed by atoms with Crippen molar-refractivity contribution in [1.29, 1.82) is 0 Å². The SMILES string of the molecule is Cl.O=C(O)C1CCCN(CCOCCC(c2ccccc2)c2cccc(C(F)(F)F)c2)C1. The maximum atomic E-state index is 13.2. The van der Waals surface area contributed by atoms with E-state index in [0.29, 0.717) is 44.7 Å². The molecule has 0 radical (unpaired) electrons. The smallest absolute Gasteiger partial charge is 0.416 e. The molecule has 176 valence electrons. The van der Waals surface area contributed by atoms with E-state index in [-0.39, 0.29) is 24.2 Å². The predicted molar refractivity (Wildman–Crippen MR) is 119 cm³/mol. The Hall–Kier alpha value is -2.09. The van der Waals surface area contributed by atoms with Gasteiger partial charge in [-0.15, -0.1) is 12.4 Å². The van der Waals surface area contributed by atoms with Crippen LogP contribution in [0.2, 0.25) is 0 Å². The standard InChI is InChI=1S/C24H28F3NO3.ClH/c25-24(26,27)21-10-4-8-19(16-21)22(18-6-2-1-3-7-18)11-14-31-15-13-28-12-5-9-20(17-28)23(29)30;/h1-4,6-8,10,16,20,22H,5,9,11-15,17H2,(H,29,30);1H. The Labute approximate surface area is 192 Å². The summed E-state index contributed by atoms with van der Waals surface area (Å²) in [4.78, 5) is 13.3. The summed E-state index contributed by atoms with van der Waals surface area (Å²) in [6.07, 6.45) is -2.25. The molecule has 2 aromatic rings. The summed E-state index contributed by atoms with van der Waals surface area (Å²) < 4.78 is 45.3. The van der Waals surface area contributed by atoms with Crippen LogP contribution in [-0.2, 0) is 15.7 Å². The van der Waals surface area contributed by atoms with Gasteiger partial charge in [-0.1, -0.05) is 48.5 Å². The molecule has 2 atom stereocenters. The normalized spacial score (nSPS) is 18.0. The van der Waals surface area contributed by atoms with Gasteiger partial charge in [0.1, 0.15) is 0 Å².